The molecule has 1 fully saturated rings. The molecule has 0 atom stereocenters. The van der Waals surface area contributed by atoms with E-state index in [9.17, 15) is 9.59 Å². The van der Waals surface area contributed by atoms with Gasteiger partial charge in [-0.05, 0) is 23.4 Å². The lowest BCUT2D eigenvalue weighted by Gasteiger charge is -2.34. The van der Waals surface area contributed by atoms with Crippen LogP contribution in [0.1, 0.15) is 16.1 Å². The molecule has 116 valence electrons. The molecule has 0 saturated carbocycles. The molecule has 3 heterocycles. The fraction of sp³-hybridized carbons (Fsp3) is 0.462. The third-order valence-electron chi connectivity index (χ3n) is 3.66. The summed E-state index contributed by atoms with van der Waals surface area (Å²) in [6, 6.07) is 1.76. The van der Waals surface area contributed by atoms with Gasteiger partial charge in [-0.1, -0.05) is 0 Å². The van der Waals surface area contributed by atoms with Gasteiger partial charge in [0.25, 0.3) is 5.91 Å². The van der Waals surface area contributed by atoms with E-state index in [1.807, 2.05) is 6.92 Å². The summed E-state index contributed by atoms with van der Waals surface area (Å²) in [4.78, 5) is 27.8. The van der Waals surface area contributed by atoms with Gasteiger partial charge in [0, 0.05) is 31.7 Å². The van der Waals surface area contributed by atoms with Gasteiger partial charge in [0.1, 0.15) is 12.9 Å². The lowest BCUT2D eigenvalue weighted by molar-refractivity contribution is -0.133. The molecule has 2 aromatic rings. The smallest absolute Gasteiger partial charge is 0.289 e. The maximum Gasteiger partial charge on any atom is 0.289 e. The van der Waals surface area contributed by atoms with E-state index in [0.717, 1.165) is 5.56 Å². The van der Waals surface area contributed by atoms with Crippen molar-refractivity contribution in [3.8, 4) is 0 Å². The fourth-order valence-corrected chi connectivity index (χ4v) is 2.39. The third-order valence-corrected chi connectivity index (χ3v) is 3.66. The van der Waals surface area contributed by atoms with E-state index in [2.05, 4.69) is 15.5 Å². The number of piperazine rings is 1. The molecule has 0 radical (unpaired) electrons. The second kappa shape index (κ2) is 5.96. The Morgan fingerprint density at radius 1 is 1.23 bits per heavy atom. The van der Waals surface area contributed by atoms with Crippen LogP contribution in [0.25, 0.3) is 0 Å². The largest absolute Gasteiger partial charge is 0.459 e. The minimum Gasteiger partial charge on any atom is -0.459 e. The molecular formula is C13H16N6O3. The lowest BCUT2D eigenvalue weighted by Crippen LogP contribution is -2.51. The Kier molecular flexibility index (Phi) is 3.86. The van der Waals surface area contributed by atoms with Crippen LogP contribution in [0, 0.1) is 6.92 Å². The zero-order valence-electron chi connectivity index (χ0n) is 12.2. The van der Waals surface area contributed by atoms with Crippen molar-refractivity contribution in [1.29, 1.82) is 0 Å². The summed E-state index contributed by atoms with van der Waals surface area (Å²) < 4.78 is 6.61. The summed E-state index contributed by atoms with van der Waals surface area (Å²) >= 11 is 0. The van der Waals surface area contributed by atoms with Gasteiger partial charge in [-0.3, -0.25) is 9.59 Å². The second-order valence-corrected chi connectivity index (χ2v) is 5.11. The molecule has 0 unspecified atom stereocenters. The van der Waals surface area contributed by atoms with Gasteiger partial charge < -0.3 is 14.2 Å². The zero-order valence-corrected chi connectivity index (χ0v) is 12.2. The highest BCUT2D eigenvalue weighted by Gasteiger charge is 2.27. The van der Waals surface area contributed by atoms with Crippen LogP contribution < -0.4 is 0 Å². The van der Waals surface area contributed by atoms with Crippen LogP contribution in [-0.2, 0) is 11.3 Å². The Bertz CT molecular complexity index is 657. The first kappa shape index (κ1) is 14.2. The minimum absolute atomic E-state index is 0.0615. The van der Waals surface area contributed by atoms with Gasteiger partial charge in [-0.15, -0.1) is 5.10 Å². The van der Waals surface area contributed by atoms with Crippen LogP contribution in [-0.4, -0.2) is 68.0 Å². The normalized spacial score (nSPS) is 15.1. The minimum atomic E-state index is -0.130. The topological polar surface area (TPSA) is 97.4 Å². The Morgan fingerprint density at radius 3 is 2.55 bits per heavy atom. The van der Waals surface area contributed by atoms with Crippen molar-refractivity contribution < 1.29 is 14.0 Å². The number of aryl methyl sites for hydroxylation is 1. The standard InChI is InChI=1S/C13H16N6O3/c1-10-2-7-22-12(10)13(21)18-5-3-17(4-6-18)11(20)8-19-9-14-15-16-19/h2,7,9H,3-6,8H2,1H3. The maximum absolute atomic E-state index is 12.3. The lowest BCUT2D eigenvalue weighted by atomic mass is 10.2. The number of nitrogens with zero attached hydrogens (tertiary/aromatic N) is 6. The predicted octanol–water partition coefficient (Wildman–Crippen LogP) is -0.441. The van der Waals surface area contributed by atoms with Crippen LogP contribution in [0.5, 0.6) is 0 Å². The van der Waals surface area contributed by atoms with Crippen molar-refractivity contribution in [1.82, 2.24) is 30.0 Å². The number of aromatic nitrogens is 4. The maximum atomic E-state index is 12.3. The summed E-state index contributed by atoms with van der Waals surface area (Å²) in [6.45, 7) is 3.90. The molecule has 9 heteroatoms. The molecule has 0 N–H and O–H groups in total. The molecule has 0 aromatic carbocycles. The van der Waals surface area contributed by atoms with Crippen molar-refractivity contribution in [2.45, 2.75) is 13.5 Å². The molecule has 1 saturated heterocycles. The zero-order chi connectivity index (χ0) is 15.5. The van der Waals surface area contributed by atoms with Gasteiger partial charge in [0.05, 0.1) is 6.26 Å². The number of amides is 2. The van der Waals surface area contributed by atoms with E-state index in [0.29, 0.717) is 31.9 Å². The quantitative estimate of drug-likeness (QED) is 0.762. The fourth-order valence-electron chi connectivity index (χ4n) is 2.39. The third kappa shape index (κ3) is 2.83. The summed E-state index contributed by atoms with van der Waals surface area (Å²) in [6.07, 6.45) is 2.91. The SMILES string of the molecule is Cc1ccoc1C(=O)N1CCN(C(=O)Cn2cnnn2)CC1. The van der Waals surface area contributed by atoms with Gasteiger partial charge in [0.15, 0.2) is 5.76 Å². The van der Waals surface area contributed by atoms with Gasteiger partial charge in [-0.2, -0.15) is 0 Å². The van der Waals surface area contributed by atoms with E-state index in [1.165, 1.54) is 17.3 Å². The molecule has 1 aliphatic heterocycles. The predicted molar refractivity (Wildman–Crippen MR) is 73.7 cm³/mol. The Hall–Kier alpha value is -2.71. The monoisotopic (exact) mass is 304 g/mol. The molecule has 22 heavy (non-hydrogen) atoms. The van der Waals surface area contributed by atoms with E-state index in [-0.39, 0.29) is 18.4 Å². The number of rotatable bonds is 3. The molecule has 2 amide bonds. The summed E-state index contributed by atoms with van der Waals surface area (Å²) in [5.74, 6) is 0.178. The van der Waals surface area contributed by atoms with Gasteiger partial charge >= 0.3 is 0 Å². The summed E-state index contributed by atoms with van der Waals surface area (Å²) in [5.41, 5.74) is 0.821. The van der Waals surface area contributed by atoms with Crippen molar-refractivity contribution in [2.24, 2.45) is 0 Å². The molecule has 2 aromatic heterocycles. The molecule has 9 nitrogen and oxygen atoms in total. The van der Waals surface area contributed by atoms with Gasteiger partial charge in [0.2, 0.25) is 5.91 Å². The van der Waals surface area contributed by atoms with Crippen molar-refractivity contribution in [3.63, 3.8) is 0 Å². The second-order valence-electron chi connectivity index (χ2n) is 5.11. The number of hydrogen-bond donors (Lipinski definition) is 0. The van der Waals surface area contributed by atoms with Crippen LogP contribution >= 0.6 is 0 Å². The van der Waals surface area contributed by atoms with Crippen LogP contribution in [0.2, 0.25) is 0 Å². The average molecular weight is 304 g/mol. The molecular weight excluding hydrogens is 288 g/mol. The number of furan rings is 1. The van der Waals surface area contributed by atoms with E-state index in [1.54, 1.807) is 15.9 Å². The molecule has 0 spiro atoms. The first-order valence-electron chi connectivity index (χ1n) is 6.97. The van der Waals surface area contributed by atoms with Crippen LogP contribution in [0.3, 0.4) is 0 Å². The Balaban J connectivity index is 1.55. The molecule has 0 bridgehead atoms. The molecule has 1 aliphatic rings. The average Bonchev–Trinajstić information content (AvgIpc) is 3.18. The highest BCUT2D eigenvalue weighted by molar-refractivity contribution is 5.93. The van der Waals surface area contributed by atoms with E-state index >= 15 is 0 Å². The number of tetrazole rings is 1. The van der Waals surface area contributed by atoms with Crippen molar-refractivity contribution in [3.05, 3.63) is 30.0 Å². The van der Waals surface area contributed by atoms with Gasteiger partial charge in [-0.25, -0.2) is 4.68 Å². The van der Waals surface area contributed by atoms with Crippen molar-refractivity contribution in [2.75, 3.05) is 26.2 Å². The summed E-state index contributed by atoms with van der Waals surface area (Å²) in [7, 11) is 0. The highest BCUT2D eigenvalue weighted by atomic mass is 16.3. The van der Waals surface area contributed by atoms with E-state index in [4.69, 9.17) is 4.42 Å². The first-order chi connectivity index (χ1) is 10.6. The van der Waals surface area contributed by atoms with Crippen LogP contribution in [0.4, 0.5) is 0 Å². The molecule has 3 rings (SSSR count). The number of carbonyl (C=O) groups excluding carboxylic acids is 2. The molecule has 0 aliphatic carbocycles. The van der Waals surface area contributed by atoms with E-state index < -0.39 is 0 Å². The number of carbonyl (C=O) groups is 2. The van der Waals surface area contributed by atoms with Crippen molar-refractivity contribution >= 4 is 11.8 Å². The first-order valence-corrected chi connectivity index (χ1v) is 6.97. The Morgan fingerprint density at radius 2 is 1.95 bits per heavy atom. The number of hydrogen-bond acceptors (Lipinski definition) is 6. The highest BCUT2D eigenvalue weighted by Crippen LogP contribution is 2.14. The Labute approximate surface area is 126 Å². The summed E-state index contributed by atoms with van der Waals surface area (Å²) in [5, 5.41) is 10.7. The van der Waals surface area contributed by atoms with Crippen LogP contribution in [0.15, 0.2) is 23.1 Å².